The Labute approximate surface area is 154 Å². The van der Waals surface area contributed by atoms with Crippen molar-refractivity contribution < 1.29 is 28.5 Å². The van der Waals surface area contributed by atoms with Gasteiger partial charge in [-0.3, -0.25) is 4.79 Å². The quantitative estimate of drug-likeness (QED) is 0.300. The van der Waals surface area contributed by atoms with Crippen LogP contribution in [-0.2, 0) is 29.5 Å². The first-order chi connectivity index (χ1) is 12.1. The van der Waals surface area contributed by atoms with Gasteiger partial charge in [-0.2, -0.15) is 0 Å². The van der Waals surface area contributed by atoms with E-state index in [1.54, 1.807) is 21.1 Å². The van der Waals surface area contributed by atoms with E-state index in [-0.39, 0.29) is 19.4 Å². The molecule has 0 radical (unpaired) electrons. The molecule has 1 aromatic carbocycles. The monoisotopic (exact) mass is 372 g/mol. The zero-order valence-electron chi connectivity index (χ0n) is 15.4. The average molecular weight is 372 g/mol. The van der Waals surface area contributed by atoms with E-state index in [1.165, 1.54) is 11.8 Å². The van der Waals surface area contributed by atoms with Gasteiger partial charge in [-0.05, 0) is 31.5 Å². The SMILES string of the molecule is CCOC(=O)[C@](C)(COCOCCOC)SCc1ccc(OC)cc1. The van der Waals surface area contributed by atoms with Gasteiger partial charge in [0.2, 0.25) is 0 Å². The molecule has 6 nitrogen and oxygen atoms in total. The van der Waals surface area contributed by atoms with E-state index in [1.807, 2.05) is 31.2 Å². The molecule has 1 aromatic rings. The lowest BCUT2D eigenvalue weighted by atomic mass is 10.2. The second-order valence-electron chi connectivity index (χ2n) is 5.46. The topological polar surface area (TPSA) is 63.2 Å². The summed E-state index contributed by atoms with van der Waals surface area (Å²) >= 11 is 1.49. The zero-order chi connectivity index (χ0) is 18.5. The van der Waals surface area contributed by atoms with Crippen molar-refractivity contribution in [3.63, 3.8) is 0 Å². The lowest BCUT2D eigenvalue weighted by molar-refractivity contribution is -0.149. The summed E-state index contributed by atoms with van der Waals surface area (Å²) in [6, 6.07) is 7.76. The highest BCUT2D eigenvalue weighted by molar-refractivity contribution is 8.00. The summed E-state index contributed by atoms with van der Waals surface area (Å²) in [5.41, 5.74) is 1.10. The Bertz CT molecular complexity index is 493. The molecule has 0 heterocycles. The normalized spacial score (nSPS) is 13.3. The second kappa shape index (κ2) is 12.1. The zero-order valence-corrected chi connectivity index (χ0v) is 16.2. The Kier molecular flexibility index (Phi) is 10.6. The number of esters is 1. The van der Waals surface area contributed by atoms with Crippen LogP contribution in [0.15, 0.2) is 24.3 Å². The molecule has 142 valence electrons. The van der Waals surface area contributed by atoms with Crippen LogP contribution in [0.5, 0.6) is 5.75 Å². The average Bonchev–Trinajstić information content (AvgIpc) is 2.63. The number of thioether (sulfide) groups is 1. The smallest absolute Gasteiger partial charge is 0.324 e. The van der Waals surface area contributed by atoms with Crippen LogP contribution in [-0.4, -0.2) is 58.2 Å². The van der Waals surface area contributed by atoms with Crippen LogP contribution in [0.25, 0.3) is 0 Å². The van der Waals surface area contributed by atoms with Gasteiger partial charge in [0.1, 0.15) is 17.3 Å². The standard InChI is InChI=1S/C18H28O6S/c1-5-24-17(19)18(2,13-23-14-22-11-10-20-3)25-12-15-6-8-16(21-4)9-7-15/h6-9H,5,10-14H2,1-4H3/t18-/m0/s1. The van der Waals surface area contributed by atoms with Crippen LogP contribution in [0.2, 0.25) is 0 Å². The number of carbonyl (C=O) groups is 1. The summed E-state index contributed by atoms with van der Waals surface area (Å²) in [4.78, 5) is 12.3. The number of benzene rings is 1. The molecule has 0 aliphatic rings. The van der Waals surface area contributed by atoms with Crippen LogP contribution >= 0.6 is 11.8 Å². The van der Waals surface area contributed by atoms with Gasteiger partial charge in [0, 0.05) is 12.9 Å². The third-order valence-corrected chi connectivity index (χ3v) is 4.80. The van der Waals surface area contributed by atoms with Gasteiger partial charge in [0.25, 0.3) is 0 Å². The van der Waals surface area contributed by atoms with Gasteiger partial charge in [-0.15, -0.1) is 11.8 Å². The van der Waals surface area contributed by atoms with Crippen LogP contribution in [0.4, 0.5) is 0 Å². The highest BCUT2D eigenvalue weighted by Crippen LogP contribution is 2.31. The van der Waals surface area contributed by atoms with Gasteiger partial charge in [-0.1, -0.05) is 12.1 Å². The van der Waals surface area contributed by atoms with Crippen LogP contribution in [0, 0.1) is 0 Å². The first-order valence-corrected chi connectivity index (χ1v) is 9.12. The molecule has 0 bridgehead atoms. The molecule has 0 amide bonds. The summed E-state index contributed by atoms with van der Waals surface area (Å²) < 4.78 is 25.2. The summed E-state index contributed by atoms with van der Waals surface area (Å²) in [6.45, 7) is 5.23. The maximum atomic E-state index is 12.3. The van der Waals surface area contributed by atoms with Crippen LogP contribution in [0.3, 0.4) is 0 Å². The molecular weight excluding hydrogens is 344 g/mol. The Morgan fingerprint density at radius 2 is 1.84 bits per heavy atom. The Balaban J connectivity index is 2.56. The van der Waals surface area contributed by atoms with Crippen molar-refractivity contribution in [2.24, 2.45) is 0 Å². The van der Waals surface area contributed by atoms with Crippen molar-refractivity contribution in [2.45, 2.75) is 24.3 Å². The molecule has 0 unspecified atom stereocenters. The maximum Gasteiger partial charge on any atom is 0.324 e. The predicted octanol–water partition coefficient (Wildman–Crippen LogP) is 2.89. The fraction of sp³-hybridized carbons (Fsp3) is 0.611. The molecular formula is C18H28O6S. The highest BCUT2D eigenvalue weighted by Gasteiger charge is 2.36. The van der Waals surface area contributed by atoms with Crippen molar-refractivity contribution >= 4 is 17.7 Å². The number of carbonyl (C=O) groups excluding carboxylic acids is 1. The van der Waals surface area contributed by atoms with Gasteiger partial charge < -0.3 is 23.7 Å². The number of hydrogen-bond acceptors (Lipinski definition) is 7. The fourth-order valence-electron chi connectivity index (χ4n) is 1.90. The minimum atomic E-state index is -0.805. The molecule has 0 spiro atoms. The molecule has 0 saturated carbocycles. The van der Waals surface area contributed by atoms with Crippen molar-refractivity contribution in [2.75, 3.05) is 47.4 Å². The van der Waals surface area contributed by atoms with Crippen molar-refractivity contribution in [1.82, 2.24) is 0 Å². The van der Waals surface area contributed by atoms with Gasteiger partial charge >= 0.3 is 5.97 Å². The van der Waals surface area contributed by atoms with E-state index in [2.05, 4.69) is 0 Å². The van der Waals surface area contributed by atoms with E-state index in [0.29, 0.717) is 25.6 Å². The van der Waals surface area contributed by atoms with Crippen molar-refractivity contribution in [3.05, 3.63) is 29.8 Å². The van der Waals surface area contributed by atoms with E-state index in [0.717, 1.165) is 11.3 Å². The lowest BCUT2D eigenvalue weighted by Gasteiger charge is -2.26. The maximum absolute atomic E-state index is 12.3. The highest BCUT2D eigenvalue weighted by atomic mass is 32.2. The van der Waals surface area contributed by atoms with Gasteiger partial charge in [0.05, 0.1) is 33.5 Å². The number of methoxy groups -OCH3 is 2. The molecule has 0 aromatic heterocycles. The molecule has 1 atom stereocenters. The molecule has 0 N–H and O–H groups in total. The minimum absolute atomic E-state index is 0.113. The molecule has 0 fully saturated rings. The summed E-state index contributed by atoms with van der Waals surface area (Å²) in [6.07, 6.45) is 0. The molecule has 0 saturated heterocycles. The van der Waals surface area contributed by atoms with E-state index in [4.69, 9.17) is 23.7 Å². The Hall–Kier alpha value is -1.28. The van der Waals surface area contributed by atoms with Gasteiger partial charge in [0.15, 0.2) is 0 Å². The molecule has 7 heteroatoms. The van der Waals surface area contributed by atoms with Crippen molar-refractivity contribution in [1.29, 1.82) is 0 Å². The third-order valence-electron chi connectivity index (χ3n) is 3.40. The van der Waals surface area contributed by atoms with Crippen LogP contribution < -0.4 is 4.74 Å². The third kappa shape index (κ3) is 8.09. The molecule has 25 heavy (non-hydrogen) atoms. The Morgan fingerprint density at radius 1 is 1.12 bits per heavy atom. The van der Waals surface area contributed by atoms with Crippen molar-refractivity contribution in [3.8, 4) is 5.75 Å². The minimum Gasteiger partial charge on any atom is -0.497 e. The van der Waals surface area contributed by atoms with E-state index < -0.39 is 4.75 Å². The molecule has 0 aliphatic heterocycles. The number of hydrogen-bond donors (Lipinski definition) is 0. The first-order valence-electron chi connectivity index (χ1n) is 8.14. The van der Waals surface area contributed by atoms with Gasteiger partial charge in [-0.25, -0.2) is 0 Å². The lowest BCUT2D eigenvalue weighted by Crippen LogP contribution is -2.39. The molecule has 1 rings (SSSR count). The predicted molar refractivity (Wildman–Crippen MR) is 98.0 cm³/mol. The van der Waals surface area contributed by atoms with E-state index in [9.17, 15) is 4.79 Å². The van der Waals surface area contributed by atoms with Crippen LogP contribution in [0.1, 0.15) is 19.4 Å². The summed E-state index contributed by atoms with van der Waals surface area (Å²) in [5.74, 6) is 1.18. The summed E-state index contributed by atoms with van der Waals surface area (Å²) in [5, 5.41) is 0. The fourth-order valence-corrected chi connectivity index (χ4v) is 2.93. The van der Waals surface area contributed by atoms with E-state index >= 15 is 0 Å². The largest absolute Gasteiger partial charge is 0.497 e. The molecule has 0 aliphatic carbocycles. The second-order valence-corrected chi connectivity index (χ2v) is 6.93. The number of ether oxygens (including phenoxy) is 5. The summed E-state index contributed by atoms with van der Waals surface area (Å²) in [7, 11) is 3.24. The Morgan fingerprint density at radius 3 is 2.44 bits per heavy atom. The number of rotatable bonds is 13. The first kappa shape index (κ1) is 21.8.